The van der Waals surface area contributed by atoms with Crippen molar-refractivity contribution in [3.8, 4) is 11.3 Å². The van der Waals surface area contributed by atoms with Gasteiger partial charge in [-0.25, -0.2) is 8.42 Å². The summed E-state index contributed by atoms with van der Waals surface area (Å²) in [5.41, 5.74) is 7.47. The summed E-state index contributed by atoms with van der Waals surface area (Å²) < 4.78 is 24.8. The summed E-state index contributed by atoms with van der Waals surface area (Å²) in [7, 11) is -3.04. The van der Waals surface area contributed by atoms with Crippen LogP contribution in [0.25, 0.3) is 11.3 Å². The third-order valence-corrected chi connectivity index (χ3v) is 4.80. The van der Waals surface area contributed by atoms with Gasteiger partial charge >= 0.3 is 0 Å². The quantitative estimate of drug-likeness (QED) is 0.928. The van der Waals surface area contributed by atoms with Crippen molar-refractivity contribution >= 4 is 50.1 Å². The first-order chi connectivity index (χ1) is 8.76. The largest absolute Gasteiger partial charge is 0.396 e. The maximum absolute atomic E-state index is 11.1. The molecular formula is C10H11Cl2N3O2S2. The van der Waals surface area contributed by atoms with Crippen LogP contribution in [-0.4, -0.2) is 30.2 Å². The molecule has 0 aliphatic rings. The molecule has 0 aromatic carbocycles. The highest BCUT2D eigenvalue weighted by Gasteiger charge is 2.15. The Labute approximate surface area is 124 Å². The monoisotopic (exact) mass is 339 g/mol. The second-order valence-corrected chi connectivity index (χ2v) is 8.61. The molecule has 2 N–H and O–H groups in total. The molecular weight excluding hydrogens is 329 g/mol. The fraction of sp³-hybridized carbons (Fsp3) is 0.300. The van der Waals surface area contributed by atoms with Gasteiger partial charge in [-0.2, -0.15) is 5.10 Å². The minimum atomic E-state index is -3.04. The molecule has 0 unspecified atom stereocenters. The average molecular weight is 340 g/mol. The molecule has 0 spiro atoms. The first-order valence-corrected chi connectivity index (χ1v) is 8.85. The lowest BCUT2D eigenvalue weighted by atomic mass is 10.2. The molecule has 0 atom stereocenters. The molecule has 2 aromatic heterocycles. The van der Waals surface area contributed by atoms with Crippen molar-refractivity contribution < 1.29 is 8.42 Å². The second kappa shape index (κ2) is 5.32. The van der Waals surface area contributed by atoms with Crippen molar-refractivity contribution in [2.45, 2.75) is 6.54 Å². The molecule has 0 saturated carbocycles. The van der Waals surface area contributed by atoms with Gasteiger partial charge < -0.3 is 5.73 Å². The van der Waals surface area contributed by atoms with Crippen LogP contribution in [0.4, 0.5) is 5.69 Å². The van der Waals surface area contributed by atoms with Crippen molar-refractivity contribution in [1.82, 2.24) is 9.78 Å². The number of rotatable bonds is 4. The Bertz CT molecular complexity index is 706. The van der Waals surface area contributed by atoms with Crippen LogP contribution in [0.2, 0.25) is 8.67 Å². The second-order valence-electron chi connectivity index (χ2n) is 4.06. The Morgan fingerprint density at radius 3 is 2.68 bits per heavy atom. The molecule has 0 radical (unpaired) electrons. The van der Waals surface area contributed by atoms with E-state index in [-0.39, 0.29) is 12.3 Å². The number of anilines is 1. The summed E-state index contributed by atoms with van der Waals surface area (Å²) in [6, 6.07) is 1.69. The average Bonchev–Trinajstić information content (AvgIpc) is 2.78. The van der Waals surface area contributed by atoms with Crippen LogP contribution in [-0.2, 0) is 16.4 Å². The van der Waals surface area contributed by atoms with Crippen molar-refractivity contribution in [1.29, 1.82) is 0 Å². The minimum Gasteiger partial charge on any atom is -0.396 e. The van der Waals surface area contributed by atoms with E-state index in [4.69, 9.17) is 28.9 Å². The molecule has 0 saturated heterocycles. The number of hydrogen-bond acceptors (Lipinski definition) is 5. The number of hydrogen-bond donors (Lipinski definition) is 1. The molecule has 0 bridgehead atoms. The number of nitrogens with zero attached hydrogens (tertiary/aromatic N) is 2. The highest BCUT2D eigenvalue weighted by molar-refractivity contribution is 7.90. The van der Waals surface area contributed by atoms with E-state index >= 15 is 0 Å². The lowest BCUT2D eigenvalue weighted by Crippen LogP contribution is -2.11. The zero-order chi connectivity index (χ0) is 14.2. The zero-order valence-corrected chi connectivity index (χ0v) is 13.1. The van der Waals surface area contributed by atoms with Crippen LogP contribution in [0.5, 0.6) is 0 Å². The fourth-order valence-corrected chi connectivity index (χ4v) is 3.51. The summed E-state index contributed by atoms with van der Waals surface area (Å²) in [5, 5.41) is 4.25. The number of aryl methyl sites for hydroxylation is 1. The van der Waals surface area contributed by atoms with Crippen LogP contribution in [0.3, 0.4) is 0 Å². The number of nitrogens with two attached hydrogens (primary N) is 1. The topological polar surface area (TPSA) is 78.0 Å². The Morgan fingerprint density at radius 1 is 1.47 bits per heavy atom. The molecule has 0 aliphatic heterocycles. The lowest BCUT2D eigenvalue weighted by Gasteiger charge is -1.99. The number of thiophene rings is 1. The van der Waals surface area contributed by atoms with E-state index in [0.29, 0.717) is 25.6 Å². The van der Waals surface area contributed by atoms with E-state index in [1.54, 1.807) is 12.3 Å². The zero-order valence-electron chi connectivity index (χ0n) is 9.93. The molecule has 104 valence electrons. The normalized spacial score (nSPS) is 11.9. The Kier molecular flexibility index (Phi) is 4.10. The summed E-state index contributed by atoms with van der Waals surface area (Å²) in [6.45, 7) is 0.249. The van der Waals surface area contributed by atoms with Crippen LogP contribution >= 0.6 is 34.5 Å². The minimum absolute atomic E-state index is 0.00564. The maximum atomic E-state index is 11.1. The van der Waals surface area contributed by atoms with Crippen LogP contribution in [0, 0.1) is 0 Å². The van der Waals surface area contributed by atoms with Gasteiger partial charge in [0.25, 0.3) is 0 Å². The highest BCUT2D eigenvalue weighted by Crippen LogP contribution is 2.39. The standard InChI is InChI=1S/C10H11Cl2N3O2S2/c1-19(16,17)3-2-15-5-7(13)9(14-15)6-4-8(11)18-10(6)12/h4-5H,2-3,13H2,1H3. The van der Waals surface area contributed by atoms with E-state index in [9.17, 15) is 8.42 Å². The van der Waals surface area contributed by atoms with E-state index in [2.05, 4.69) is 5.10 Å². The predicted molar refractivity (Wildman–Crippen MR) is 79.7 cm³/mol. The highest BCUT2D eigenvalue weighted by atomic mass is 35.5. The molecule has 19 heavy (non-hydrogen) atoms. The van der Waals surface area contributed by atoms with Gasteiger partial charge in [0, 0.05) is 18.0 Å². The van der Waals surface area contributed by atoms with Gasteiger partial charge in [0.1, 0.15) is 19.9 Å². The van der Waals surface area contributed by atoms with Crippen molar-refractivity contribution in [3.63, 3.8) is 0 Å². The van der Waals surface area contributed by atoms with Crippen LogP contribution in [0.1, 0.15) is 0 Å². The van der Waals surface area contributed by atoms with E-state index in [1.807, 2.05) is 0 Å². The number of halogens is 2. The smallest absolute Gasteiger partial charge is 0.149 e. The number of sulfone groups is 1. The van der Waals surface area contributed by atoms with Crippen LogP contribution < -0.4 is 5.73 Å². The first kappa shape index (κ1) is 14.6. The molecule has 0 amide bonds. The van der Waals surface area contributed by atoms with Crippen molar-refractivity contribution in [2.75, 3.05) is 17.7 Å². The Balaban J connectivity index is 2.29. The SMILES string of the molecule is CS(=O)(=O)CCn1cc(N)c(-c2cc(Cl)sc2Cl)n1. The Hall–Kier alpha value is -0.760. The van der Waals surface area contributed by atoms with Gasteiger partial charge in [-0.05, 0) is 6.07 Å². The third kappa shape index (κ3) is 3.62. The lowest BCUT2D eigenvalue weighted by molar-refractivity contribution is 0.586. The molecule has 2 aromatic rings. The predicted octanol–water partition coefficient (Wildman–Crippen LogP) is 2.55. The van der Waals surface area contributed by atoms with E-state index in [1.165, 1.54) is 22.3 Å². The van der Waals surface area contributed by atoms with Crippen molar-refractivity contribution in [2.24, 2.45) is 0 Å². The van der Waals surface area contributed by atoms with Gasteiger partial charge in [-0.3, -0.25) is 4.68 Å². The van der Waals surface area contributed by atoms with E-state index in [0.717, 1.165) is 0 Å². The molecule has 2 heterocycles. The molecule has 2 rings (SSSR count). The van der Waals surface area contributed by atoms with Crippen LogP contribution in [0.15, 0.2) is 12.3 Å². The summed E-state index contributed by atoms with van der Waals surface area (Å²) >= 11 is 13.1. The maximum Gasteiger partial charge on any atom is 0.149 e. The van der Waals surface area contributed by atoms with Gasteiger partial charge in [0.05, 0.1) is 22.3 Å². The first-order valence-electron chi connectivity index (χ1n) is 5.22. The van der Waals surface area contributed by atoms with E-state index < -0.39 is 9.84 Å². The number of aromatic nitrogens is 2. The third-order valence-electron chi connectivity index (χ3n) is 2.39. The molecule has 9 heteroatoms. The van der Waals surface area contributed by atoms with Crippen molar-refractivity contribution in [3.05, 3.63) is 20.9 Å². The molecule has 5 nitrogen and oxygen atoms in total. The van der Waals surface area contributed by atoms with Gasteiger partial charge in [0.15, 0.2) is 0 Å². The summed E-state index contributed by atoms with van der Waals surface area (Å²) in [4.78, 5) is 0. The van der Waals surface area contributed by atoms with Gasteiger partial charge in [-0.15, -0.1) is 11.3 Å². The fourth-order valence-electron chi connectivity index (χ4n) is 1.52. The van der Waals surface area contributed by atoms with Gasteiger partial charge in [-0.1, -0.05) is 23.2 Å². The van der Waals surface area contributed by atoms with Gasteiger partial charge in [0.2, 0.25) is 0 Å². The summed E-state index contributed by atoms with van der Waals surface area (Å²) in [6.07, 6.45) is 2.76. The Morgan fingerprint density at radius 2 is 2.16 bits per heavy atom. The molecule has 0 fully saturated rings. The molecule has 0 aliphatic carbocycles. The summed E-state index contributed by atoms with van der Waals surface area (Å²) in [5.74, 6) is 0.00564. The number of nitrogen functional groups attached to an aromatic ring is 1.